The van der Waals surface area contributed by atoms with Crippen molar-refractivity contribution in [2.75, 3.05) is 19.8 Å². The van der Waals surface area contributed by atoms with Crippen LogP contribution < -0.4 is 14.8 Å². The highest BCUT2D eigenvalue weighted by Crippen LogP contribution is 2.28. The molecule has 152 valence electrons. The number of nitrogens with one attached hydrogen (secondary N) is 1. The van der Waals surface area contributed by atoms with Gasteiger partial charge in [-0.3, -0.25) is 9.48 Å². The summed E-state index contributed by atoms with van der Waals surface area (Å²) in [6, 6.07) is 15.4. The molecule has 1 aromatic heterocycles. The number of aromatic nitrogens is 2. The molecule has 0 unspecified atom stereocenters. The Hall–Kier alpha value is -3.28. The van der Waals surface area contributed by atoms with E-state index in [9.17, 15) is 4.79 Å². The second kappa shape index (κ2) is 10.3. The van der Waals surface area contributed by atoms with Crippen molar-refractivity contribution >= 4 is 5.91 Å². The summed E-state index contributed by atoms with van der Waals surface area (Å²) < 4.78 is 13.1. The number of rotatable bonds is 10. The van der Waals surface area contributed by atoms with Crippen LogP contribution >= 0.6 is 0 Å². The van der Waals surface area contributed by atoms with Gasteiger partial charge in [-0.2, -0.15) is 5.10 Å². The average molecular weight is 393 g/mol. The summed E-state index contributed by atoms with van der Waals surface area (Å²) in [6.07, 6.45) is 4.39. The van der Waals surface area contributed by atoms with Crippen molar-refractivity contribution in [3.8, 4) is 11.5 Å². The van der Waals surface area contributed by atoms with Crippen LogP contribution in [0.4, 0.5) is 0 Å². The molecule has 6 nitrogen and oxygen atoms in total. The third-order valence-corrected chi connectivity index (χ3v) is 4.43. The predicted molar refractivity (Wildman–Crippen MR) is 113 cm³/mol. The number of carbonyl (C=O) groups excluding carboxylic acids is 1. The highest BCUT2D eigenvalue weighted by atomic mass is 16.5. The number of amides is 1. The van der Waals surface area contributed by atoms with Crippen LogP contribution in [0.3, 0.4) is 0 Å². The van der Waals surface area contributed by atoms with Gasteiger partial charge in [0.1, 0.15) is 0 Å². The molecule has 3 rings (SSSR count). The summed E-state index contributed by atoms with van der Waals surface area (Å²) in [5.41, 5.74) is 2.84. The molecule has 0 aliphatic heterocycles. The van der Waals surface area contributed by atoms with E-state index >= 15 is 0 Å². The summed E-state index contributed by atoms with van der Waals surface area (Å²) in [5.74, 6) is 1.41. The van der Waals surface area contributed by atoms with Gasteiger partial charge in [0.2, 0.25) is 0 Å². The molecule has 0 radical (unpaired) electrons. The monoisotopic (exact) mass is 393 g/mol. The van der Waals surface area contributed by atoms with Gasteiger partial charge in [-0.15, -0.1) is 0 Å². The van der Waals surface area contributed by atoms with Crippen LogP contribution in [0.15, 0.2) is 60.9 Å². The summed E-state index contributed by atoms with van der Waals surface area (Å²) >= 11 is 0. The van der Waals surface area contributed by atoms with Crippen molar-refractivity contribution in [2.24, 2.45) is 0 Å². The third-order valence-electron chi connectivity index (χ3n) is 4.43. The summed E-state index contributed by atoms with van der Waals surface area (Å²) in [5, 5.41) is 7.17. The van der Waals surface area contributed by atoms with E-state index in [1.165, 1.54) is 0 Å². The summed E-state index contributed by atoms with van der Waals surface area (Å²) in [7, 11) is 0. The minimum Gasteiger partial charge on any atom is -0.490 e. The Kier molecular flexibility index (Phi) is 7.28. The van der Waals surface area contributed by atoms with Crippen LogP contribution in [0.5, 0.6) is 11.5 Å². The van der Waals surface area contributed by atoms with E-state index < -0.39 is 0 Å². The molecule has 0 atom stereocenters. The van der Waals surface area contributed by atoms with Crippen LogP contribution in [-0.4, -0.2) is 35.4 Å². The van der Waals surface area contributed by atoms with Crippen LogP contribution in [0, 0.1) is 0 Å². The largest absolute Gasteiger partial charge is 0.490 e. The average Bonchev–Trinajstić information content (AvgIpc) is 3.24. The lowest BCUT2D eigenvalue weighted by Crippen LogP contribution is -2.25. The minimum atomic E-state index is -0.0772. The molecular formula is C23H27N3O3. The molecule has 0 saturated carbocycles. The van der Waals surface area contributed by atoms with Gasteiger partial charge in [0.05, 0.1) is 19.8 Å². The van der Waals surface area contributed by atoms with Gasteiger partial charge in [0, 0.05) is 24.5 Å². The van der Waals surface area contributed by atoms with Crippen molar-refractivity contribution in [1.29, 1.82) is 0 Å². The SMILES string of the molecule is CCOc1ccc(CCNC(=O)c2ccc(Cn3cccn3)cc2)cc1OCC. The van der Waals surface area contributed by atoms with E-state index in [-0.39, 0.29) is 5.91 Å². The van der Waals surface area contributed by atoms with Crippen LogP contribution in [0.2, 0.25) is 0 Å². The lowest BCUT2D eigenvalue weighted by atomic mass is 10.1. The standard InChI is InChI=1S/C23H27N3O3/c1-3-28-21-11-8-18(16-22(21)29-4-2)12-14-24-23(27)20-9-6-19(7-10-20)17-26-15-5-13-25-26/h5-11,13,15-16H,3-4,12,14,17H2,1-2H3,(H,24,27). The van der Waals surface area contributed by atoms with E-state index in [2.05, 4.69) is 10.4 Å². The fraction of sp³-hybridized carbons (Fsp3) is 0.304. The van der Waals surface area contributed by atoms with Crippen molar-refractivity contribution in [3.63, 3.8) is 0 Å². The third kappa shape index (κ3) is 5.85. The lowest BCUT2D eigenvalue weighted by Gasteiger charge is -2.12. The van der Waals surface area contributed by atoms with Gasteiger partial charge in [0.15, 0.2) is 11.5 Å². The number of nitrogens with zero attached hydrogens (tertiary/aromatic N) is 2. The maximum Gasteiger partial charge on any atom is 0.251 e. The molecule has 3 aromatic rings. The maximum atomic E-state index is 12.4. The number of hydrogen-bond acceptors (Lipinski definition) is 4. The zero-order valence-electron chi connectivity index (χ0n) is 16.9. The van der Waals surface area contributed by atoms with E-state index in [0.29, 0.717) is 31.9 Å². The van der Waals surface area contributed by atoms with Gasteiger partial charge in [-0.05, 0) is 61.7 Å². The van der Waals surface area contributed by atoms with Crippen molar-refractivity contribution in [2.45, 2.75) is 26.8 Å². The molecule has 0 saturated heterocycles. The Morgan fingerprint density at radius 3 is 2.41 bits per heavy atom. The molecule has 1 heterocycles. The maximum absolute atomic E-state index is 12.4. The molecule has 1 amide bonds. The van der Waals surface area contributed by atoms with Crippen LogP contribution in [-0.2, 0) is 13.0 Å². The van der Waals surface area contributed by atoms with E-state index in [1.54, 1.807) is 6.20 Å². The van der Waals surface area contributed by atoms with Gasteiger partial charge >= 0.3 is 0 Å². The second-order valence-electron chi connectivity index (χ2n) is 6.55. The van der Waals surface area contributed by atoms with Crippen molar-refractivity contribution in [3.05, 3.63) is 77.6 Å². The molecule has 0 aliphatic rings. The fourth-order valence-electron chi connectivity index (χ4n) is 3.02. The Morgan fingerprint density at radius 2 is 1.72 bits per heavy atom. The van der Waals surface area contributed by atoms with Gasteiger partial charge < -0.3 is 14.8 Å². The number of benzene rings is 2. The van der Waals surface area contributed by atoms with E-state index in [1.807, 2.05) is 73.3 Å². The first-order chi connectivity index (χ1) is 14.2. The molecular weight excluding hydrogens is 366 g/mol. The number of hydrogen-bond donors (Lipinski definition) is 1. The van der Waals surface area contributed by atoms with E-state index in [4.69, 9.17) is 9.47 Å². The Labute approximate surface area is 171 Å². The fourth-order valence-corrected chi connectivity index (χ4v) is 3.02. The van der Waals surface area contributed by atoms with Crippen LogP contribution in [0.1, 0.15) is 35.3 Å². The lowest BCUT2D eigenvalue weighted by molar-refractivity contribution is 0.0954. The highest BCUT2D eigenvalue weighted by molar-refractivity contribution is 5.94. The van der Waals surface area contributed by atoms with Crippen molar-refractivity contribution < 1.29 is 14.3 Å². The first-order valence-electron chi connectivity index (χ1n) is 9.92. The molecule has 29 heavy (non-hydrogen) atoms. The topological polar surface area (TPSA) is 65.4 Å². The van der Waals surface area contributed by atoms with Gasteiger partial charge in [0.25, 0.3) is 5.91 Å². The normalized spacial score (nSPS) is 10.6. The summed E-state index contributed by atoms with van der Waals surface area (Å²) in [4.78, 5) is 12.4. The molecule has 0 fully saturated rings. The zero-order chi connectivity index (χ0) is 20.5. The first-order valence-corrected chi connectivity index (χ1v) is 9.92. The number of carbonyl (C=O) groups is 1. The predicted octanol–water partition coefficient (Wildman–Crippen LogP) is 3.70. The van der Waals surface area contributed by atoms with Gasteiger partial charge in [-0.1, -0.05) is 18.2 Å². The Balaban J connectivity index is 1.52. The second-order valence-corrected chi connectivity index (χ2v) is 6.55. The Morgan fingerprint density at radius 1 is 1.00 bits per heavy atom. The van der Waals surface area contributed by atoms with E-state index in [0.717, 1.165) is 29.0 Å². The highest BCUT2D eigenvalue weighted by Gasteiger charge is 2.08. The summed E-state index contributed by atoms with van der Waals surface area (Å²) in [6.45, 7) is 6.31. The molecule has 0 spiro atoms. The molecule has 2 aromatic carbocycles. The number of ether oxygens (including phenoxy) is 2. The van der Waals surface area contributed by atoms with Gasteiger partial charge in [-0.25, -0.2) is 0 Å². The first kappa shape index (κ1) is 20.5. The molecule has 0 bridgehead atoms. The quantitative estimate of drug-likeness (QED) is 0.570. The molecule has 1 N–H and O–H groups in total. The molecule has 0 aliphatic carbocycles. The Bertz CT molecular complexity index is 906. The zero-order valence-corrected chi connectivity index (χ0v) is 16.9. The van der Waals surface area contributed by atoms with Crippen molar-refractivity contribution in [1.82, 2.24) is 15.1 Å². The van der Waals surface area contributed by atoms with Crippen LogP contribution in [0.25, 0.3) is 0 Å². The smallest absolute Gasteiger partial charge is 0.251 e. The minimum absolute atomic E-state index is 0.0772. The molecule has 6 heteroatoms.